The molecule has 4 heteroatoms. The Labute approximate surface area is 134 Å². The number of hydrogen-bond acceptors (Lipinski definition) is 3. The molecule has 0 saturated heterocycles. The van der Waals surface area contributed by atoms with E-state index < -0.39 is 5.54 Å². The molecule has 0 bridgehead atoms. The number of rotatable bonds is 1. The van der Waals surface area contributed by atoms with Crippen molar-refractivity contribution >= 4 is 17.4 Å². The average molecular weight is 311 g/mol. The van der Waals surface area contributed by atoms with Crippen molar-refractivity contribution in [2.75, 3.05) is 6.54 Å². The van der Waals surface area contributed by atoms with Crippen molar-refractivity contribution in [3.05, 3.63) is 70.2 Å². The minimum Gasteiger partial charge on any atom is -0.291 e. The molecule has 110 valence electrons. The molecule has 0 amide bonds. The molecule has 0 fully saturated rings. The maximum Gasteiger partial charge on any atom is 0.193 e. The Morgan fingerprint density at radius 3 is 2.68 bits per heavy atom. The van der Waals surface area contributed by atoms with Gasteiger partial charge in [-0.15, -0.1) is 0 Å². The van der Waals surface area contributed by atoms with Crippen LogP contribution in [0, 0.1) is 0 Å². The summed E-state index contributed by atoms with van der Waals surface area (Å²) in [7, 11) is 0. The third-order valence-electron chi connectivity index (χ3n) is 4.79. The maximum atomic E-state index is 13.1. The van der Waals surface area contributed by atoms with Crippen molar-refractivity contribution in [3.63, 3.8) is 0 Å². The fourth-order valence-corrected chi connectivity index (χ4v) is 3.73. The summed E-state index contributed by atoms with van der Waals surface area (Å²) in [6.45, 7) is 0.565. The molecule has 0 aromatic heterocycles. The largest absolute Gasteiger partial charge is 0.291 e. The summed E-state index contributed by atoms with van der Waals surface area (Å²) < 4.78 is 0. The first kappa shape index (κ1) is 13.6. The predicted octanol–water partition coefficient (Wildman–Crippen LogP) is 4.46. The molecule has 2 aromatic carbocycles. The van der Waals surface area contributed by atoms with E-state index in [2.05, 4.69) is 10.2 Å². The van der Waals surface area contributed by atoms with E-state index in [0.29, 0.717) is 11.6 Å². The van der Waals surface area contributed by atoms with Crippen LogP contribution in [0.4, 0.5) is 0 Å². The van der Waals surface area contributed by atoms with Gasteiger partial charge in [0.15, 0.2) is 11.3 Å². The van der Waals surface area contributed by atoms with Crippen molar-refractivity contribution in [2.45, 2.75) is 24.3 Å². The molecule has 2 aliphatic rings. The Morgan fingerprint density at radius 1 is 1.09 bits per heavy atom. The van der Waals surface area contributed by atoms with Crippen LogP contribution < -0.4 is 0 Å². The Morgan fingerprint density at radius 2 is 1.86 bits per heavy atom. The second-order valence-electron chi connectivity index (χ2n) is 5.94. The monoisotopic (exact) mass is 310 g/mol. The Balaban J connectivity index is 1.78. The van der Waals surface area contributed by atoms with Crippen LogP contribution in [-0.4, -0.2) is 17.9 Å². The number of ketones is 1. The third kappa shape index (κ3) is 1.92. The molecular weight excluding hydrogens is 296 g/mol. The van der Waals surface area contributed by atoms with Gasteiger partial charge in [-0.3, -0.25) is 4.79 Å². The molecule has 22 heavy (non-hydrogen) atoms. The van der Waals surface area contributed by atoms with E-state index in [0.717, 1.165) is 29.5 Å². The van der Waals surface area contributed by atoms with Gasteiger partial charge in [-0.2, -0.15) is 10.2 Å². The van der Waals surface area contributed by atoms with E-state index in [-0.39, 0.29) is 11.7 Å². The molecule has 0 saturated carbocycles. The second kappa shape index (κ2) is 5.03. The first-order valence-corrected chi connectivity index (χ1v) is 7.85. The molecule has 3 nitrogen and oxygen atoms in total. The lowest BCUT2D eigenvalue weighted by Gasteiger charge is -2.34. The topological polar surface area (TPSA) is 41.8 Å². The first-order chi connectivity index (χ1) is 10.7. The maximum absolute atomic E-state index is 13.1. The number of halogens is 1. The van der Waals surface area contributed by atoms with Gasteiger partial charge in [-0.1, -0.05) is 48.0 Å². The molecule has 2 atom stereocenters. The number of carbonyl (C=O) groups excluding carboxylic acids is 1. The van der Waals surface area contributed by atoms with Crippen LogP contribution in [-0.2, 0) is 6.42 Å². The van der Waals surface area contributed by atoms with E-state index in [9.17, 15) is 4.79 Å². The van der Waals surface area contributed by atoms with Gasteiger partial charge < -0.3 is 0 Å². The minimum absolute atomic E-state index is 0.00521. The summed E-state index contributed by atoms with van der Waals surface area (Å²) in [5, 5.41) is 9.36. The molecule has 0 N–H and O–H groups in total. The highest BCUT2D eigenvalue weighted by molar-refractivity contribution is 6.30. The summed E-state index contributed by atoms with van der Waals surface area (Å²) in [5.74, 6) is 0.112. The lowest BCUT2D eigenvalue weighted by Crippen LogP contribution is -2.44. The summed E-state index contributed by atoms with van der Waals surface area (Å²) in [6, 6.07) is 15.5. The highest BCUT2D eigenvalue weighted by Crippen LogP contribution is 2.45. The van der Waals surface area contributed by atoms with Gasteiger partial charge in [0.25, 0.3) is 0 Å². The third-order valence-corrected chi connectivity index (χ3v) is 5.04. The lowest BCUT2D eigenvalue weighted by atomic mass is 9.68. The van der Waals surface area contributed by atoms with Crippen LogP contribution in [0.3, 0.4) is 0 Å². The number of aryl methyl sites for hydroxylation is 1. The fourth-order valence-electron chi connectivity index (χ4n) is 3.61. The van der Waals surface area contributed by atoms with Crippen molar-refractivity contribution in [2.24, 2.45) is 10.2 Å². The Bertz CT molecular complexity index is 769. The van der Waals surface area contributed by atoms with Gasteiger partial charge >= 0.3 is 0 Å². The summed E-state index contributed by atoms with van der Waals surface area (Å²) in [4.78, 5) is 13.1. The molecule has 1 spiro atoms. The minimum atomic E-state index is -0.734. The number of carbonyl (C=O) groups is 1. The molecule has 1 aliphatic heterocycles. The van der Waals surface area contributed by atoms with Crippen LogP contribution in [0.25, 0.3) is 0 Å². The van der Waals surface area contributed by atoms with Gasteiger partial charge in [0.05, 0.1) is 6.54 Å². The van der Waals surface area contributed by atoms with Gasteiger partial charge in [-0.25, -0.2) is 0 Å². The van der Waals surface area contributed by atoms with E-state index in [4.69, 9.17) is 11.6 Å². The zero-order chi connectivity index (χ0) is 15.2. The zero-order valence-corrected chi connectivity index (χ0v) is 12.8. The number of nitrogens with zero attached hydrogens (tertiary/aromatic N) is 2. The predicted molar refractivity (Wildman–Crippen MR) is 85.7 cm³/mol. The summed E-state index contributed by atoms with van der Waals surface area (Å²) in [6.07, 6.45) is 1.59. The van der Waals surface area contributed by atoms with E-state index in [1.165, 1.54) is 0 Å². The van der Waals surface area contributed by atoms with E-state index >= 15 is 0 Å². The second-order valence-corrected chi connectivity index (χ2v) is 6.38. The number of benzene rings is 2. The molecular formula is C18H15ClN2O. The van der Waals surface area contributed by atoms with Gasteiger partial charge in [0.2, 0.25) is 0 Å². The average Bonchev–Trinajstić information content (AvgIpc) is 2.97. The summed E-state index contributed by atoms with van der Waals surface area (Å²) in [5.41, 5.74) is 2.27. The number of fused-ring (bicyclic) bond motifs is 1. The highest BCUT2D eigenvalue weighted by Gasteiger charge is 2.51. The molecule has 0 radical (unpaired) electrons. The van der Waals surface area contributed by atoms with Crippen molar-refractivity contribution in [1.82, 2.24) is 0 Å². The number of Topliss-reactive ketones (excluding diaryl/α,β-unsaturated/α-hetero) is 1. The van der Waals surface area contributed by atoms with Gasteiger partial charge in [0.1, 0.15) is 0 Å². The van der Waals surface area contributed by atoms with Crippen LogP contribution in [0.15, 0.2) is 58.8 Å². The zero-order valence-electron chi connectivity index (χ0n) is 12.0. The van der Waals surface area contributed by atoms with Crippen LogP contribution in [0.1, 0.15) is 33.8 Å². The Hall–Kier alpha value is -2.00. The van der Waals surface area contributed by atoms with E-state index in [1.54, 1.807) is 0 Å². The number of hydrogen-bond donors (Lipinski definition) is 0. The summed E-state index contributed by atoms with van der Waals surface area (Å²) >= 11 is 5.98. The van der Waals surface area contributed by atoms with E-state index in [1.807, 2.05) is 48.5 Å². The molecule has 1 heterocycles. The molecule has 1 aliphatic carbocycles. The van der Waals surface area contributed by atoms with Crippen LogP contribution in [0.5, 0.6) is 0 Å². The standard InChI is InChI=1S/C18H15ClN2O/c19-14-7-5-13(6-8-14)16-11-20-21-18(16)10-9-12-3-1-2-4-15(12)17(18)22/h1-8,16H,9-11H2. The Kier molecular flexibility index (Phi) is 3.12. The first-order valence-electron chi connectivity index (χ1n) is 7.47. The SMILES string of the molecule is O=C1c2ccccc2CCC12N=NCC2c1ccc(Cl)cc1. The smallest absolute Gasteiger partial charge is 0.193 e. The van der Waals surface area contributed by atoms with Crippen molar-refractivity contribution in [3.8, 4) is 0 Å². The van der Waals surface area contributed by atoms with Gasteiger partial charge in [0, 0.05) is 16.5 Å². The van der Waals surface area contributed by atoms with Gasteiger partial charge in [-0.05, 0) is 36.1 Å². The lowest BCUT2D eigenvalue weighted by molar-refractivity contribution is 0.0853. The normalized spacial score (nSPS) is 26.4. The van der Waals surface area contributed by atoms with Crippen LogP contribution >= 0.6 is 11.6 Å². The number of azo groups is 1. The van der Waals surface area contributed by atoms with Crippen LogP contribution in [0.2, 0.25) is 5.02 Å². The molecule has 2 aromatic rings. The highest BCUT2D eigenvalue weighted by atomic mass is 35.5. The molecule has 4 rings (SSSR count). The molecule has 2 unspecified atom stereocenters. The van der Waals surface area contributed by atoms with Crippen molar-refractivity contribution in [1.29, 1.82) is 0 Å². The fraction of sp³-hybridized carbons (Fsp3) is 0.278. The quantitative estimate of drug-likeness (QED) is 0.767. The van der Waals surface area contributed by atoms with Crippen molar-refractivity contribution < 1.29 is 4.79 Å².